The van der Waals surface area contributed by atoms with Gasteiger partial charge in [0.25, 0.3) is 0 Å². The van der Waals surface area contributed by atoms with Crippen molar-refractivity contribution in [3.8, 4) is 0 Å². The van der Waals surface area contributed by atoms with Gasteiger partial charge >= 0.3 is 0 Å². The van der Waals surface area contributed by atoms with Crippen molar-refractivity contribution < 1.29 is 0 Å². The molecule has 54 valence electrons. The summed E-state index contributed by atoms with van der Waals surface area (Å²) in [5.74, 6) is 0.163. The van der Waals surface area contributed by atoms with E-state index in [1.807, 2.05) is 13.0 Å². The van der Waals surface area contributed by atoms with E-state index in [0.717, 1.165) is 15.1 Å². The minimum Gasteiger partial charge on any atom is -0.383 e. The lowest BCUT2D eigenvalue weighted by Crippen LogP contribution is -2.09. The Morgan fingerprint density at radius 1 is 1.80 bits per heavy atom. The third-order valence-corrected chi connectivity index (χ3v) is 2.80. The SMILES string of the molecule is Cc1cc(P)sc1C(=N)N. The number of hydrogen-bond donors (Lipinski definition) is 2. The molecule has 0 aromatic carbocycles. The van der Waals surface area contributed by atoms with Crippen molar-refractivity contribution in [2.24, 2.45) is 5.73 Å². The third kappa shape index (κ3) is 1.36. The number of nitrogens with one attached hydrogen (secondary N) is 1. The van der Waals surface area contributed by atoms with Crippen LogP contribution in [0.2, 0.25) is 0 Å². The van der Waals surface area contributed by atoms with Crippen molar-refractivity contribution in [3.05, 3.63) is 16.5 Å². The van der Waals surface area contributed by atoms with E-state index >= 15 is 0 Å². The standard InChI is InChI=1S/C6H9N2PS/c1-3-2-4(9)10-5(3)6(7)8/h2H,9H2,1H3,(H3,7,8). The van der Waals surface area contributed by atoms with Crippen molar-refractivity contribution >= 4 is 31.0 Å². The lowest BCUT2D eigenvalue weighted by atomic mass is 10.3. The van der Waals surface area contributed by atoms with E-state index in [0.29, 0.717) is 0 Å². The molecule has 0 saturated heterocycles. The van der Waals surface area contributed by atoms with Gasteiger partial charge in [0.1, 0.15) is 5.84 Å². The first kappa shape index (κ1) is 7.70. The number of nitrogen functional groups attached to an aromatic ring is 1. The fourth-order valence-corrected chi connectivity index (χ4v) is 2.18. The number of rotatable bonds is 1. The highest BCUT2D eigenvalue weighted by atomic mass is 32.1. The fraction of sp³-hybridized carbons (Fsp3) is 0.167. The summed E-state index contributed by atoms with van der Waals surface area (Å²) in [7, 11) is 2.60. The van der Waals surface area contributed by atoms with E-state index in [-0.39, 0.29) is 5.84 Å². The molecule has 0 radical (unpaired) electrons. The van der Waals surface area contributed by atoms with E-state index in [9.17, 15) is 0 Å². The van der Waals surface area contributed by atoms with Crippen molar-refractivity contribution in [3.63, 3.8) is 0 Å². The Labute approximate surface area is 66.2 Å². The minimum absolute atomic E-state index is 0.163. The molecule has 0 amide bonds. The molecular formula is C6H9N2PS. The predicted molar refractivity (Wildman–Crippen MR) is 49.4 cm³/mol. The van der Waals surface area contributed by atoms with Crippen LogP contribution < -0.4 is 10.4 Å². The molecule has 0 bridgehead atoms. The van der Waals surface area contributed by atoms with Crippen molar-refractivity contribution in [2.45, 2.75) is 6.92 Å². The zero-order valence-corrected chi connectivity index (χ0v) is 7.61. The van der Waals surface area contributed by atoms with Gasteiger partial charge in [0, 0.05) is 4.62 Å². The summed E-state index contributed by atoms with van der Waals surface area (Å²) in [6.45, 7) is 1.96. The maximum Gasteiger partial charge on any atom is 0.133 e. The number of thiophene rings is 1. The third-order valence-electron chi connectivity index (χ3n) is 1.18. The Bertz CT molecular complexity index is 267. The molecule has 1 aromatic heterocycles. The van der Waals surface area contributed by atoms with E-state index in [1.54, 1.807) is 0 Å². The second-order valence-electron chi connectivity index (χ2n) is 2.07. The van der Waals surface area contributed by atoms with E-state index in [4.69, 9.17) is 11.1 Å². The smallest absolute Gasteiger partial charge is 0.133 e. The first-order valence-corrected chi connectivity index (χ1v) is 4.21. The summed E-state index contributed by atoms with van der Waals surface area (Å²) in [4.78, 5) is 0.880. The van der Waals surface area contributed by atoms with E-state index in [1.165, 1.54) is 11.3 Å². The van der Waals surface area contributed by atoms with Gasteiger partial charge in [-0.05, 0) is 18.6 Å². The summed E-state index contributed by atoms with van der Waals surface area (Å²) in [6.07, 6.45) is 0. The number of amidine groups is 1. The zero-order chi connectivity index (χ0) is 7.72. The van der Waals surface area contributed by atoms with Crippen LogP contribution in [0.3, 0.4) is 0 Å². The molecule has 0 aliphatic rings. The quantitative estimate of drug-likeness (QED) is 0.368. The molecule has 3 N–H and O–H groups in total. The second kappa shape index (κ2) is 2.69. The average molecular weight is 172 g/mol. The van der Waals surface area contributed by atoms with Gasteiger partial charge in [-0.2, -0.15) is 0 Å². The molecule has 0 saturated carbocycles. The first-order chi connectivity index (χ1) is 4.61. The van der Waals surface area contributed by atoms with E-state index in [2.05, 4.69) is 9.24 Å². The monoisotopic (exact) mass is 172 g/mol. The van der Waals surface area contributed by atoms with Crippen LogP contribution in [-0.4, -0.2) is 5.84 Å². The Hall–Kier alpha value is -0.400. The topological polar surface area (TPSA) is 49.9 Å². The highest BCUT2D eigenvalue weighted by Crippen LogP contribution is 2.14. The molecule has 1 unspecified atom stereocenters. The summed E-state index contributed by atoms with van der Waals surface area (Å²) in [6, 6.07) is 2.01. The molecule has 0 aliphatic carbocycles. The van der Waals surface area contributed by atoms with Crippen LogP contribution in [-0.2, 0) is 0 Å². The van der Waals surface area contributed by atoms with Gasteiger partial charge in [-0.15, -0.1) is 11.3 Å². The highest BCUT2D eigenvalue weighted by Gasteiger charge is 2.03. The Balaban J connectivity index is 3.15. The van der Waals surface area contributed by atoms with Gasteiger partial charge in [-0.3, -0.25) is 5.41 Å². The molecule has 10 heavy (non-hydrogen) atoms. The fourth-order valence-electron chi connectivity index (χ4n) is 0.774. The maximum absolute atomic E-state index is 7.17. The number of nitrogens with two attached hydrogens (primary N) is 1. The van der Waals surface area contributed by atoms with Gasteiger partial charge in [-0.1, -0.05) is 9.24 Å². The maximum atomic E-state index is 7.17. The lowest BCUT2D eigenvalue weighted by Gasteiger charge is -1.91. The molecule has 1 atom stereocenters. The average Bonchev–Trinajstić information content (AvgIpc) is 2.10. The second-order valence-corrected chi connectivity index (χ2v) is 4.20. The van der Waals surface area contributed by atoms with Gasteiger partial charge in [-0.25, -0.2) is 0 Å². The molecule has 1 aromatic rings. The largest absolute Gasteiger partial charge is 0.383 e. The number of aryl methyl sites for hydroxylation is 1. The molecule has 0 spiro atoms. The summed E-state index contributed by atoms with van der Waals surface area (Å²) in [5, 5.41) is 7.17. The van der Waals surface area contributed by atoms with Crippen LogP contribution in [0.4, 0.5) is 0 Å². The minimum atomic E-state index is 0.163. The van der Waals surface area contributed by atoms with Gasteiger partial charge < -0.3 is 5.73 Å². The van der Waals surface area contributed by atoms with Gasteiger partial charge in [0.05, 0.1) is 4.88 Å². The predicted octanol–water partition coefficient (Wildman–Crippen LogP) is 0.841. The van der Waals surface area contributed by atoms with Crippen molar-refractivity contribution in [1.29, 1.82) is 5.41 Å². The molecular weight excluding hydrogens is 163 g/mol. The molecule has 4 heteroatoms. The molecule has 2 nitrogen and oxygen atoms in total. The summed E-state index contributed by atoms with van der Waals surface area (Å²) < 4.78 is 1.13. The van der Waals surface area contributed by atoms with Crippen LogP contribution in [0.1, 0.15) is 10.4 Å². The Morgan fingerprint density at radius 2 is 2.40 bits per heavy atom. The van der Waals surface area contributed by atoms with E-state index < -0.39 is 0 Å². The van der Waals surface area contributed by atoms with Crippen LogP contribution in [0, 0.1) is 12.3 Å². The first-order valence-electron chi connectivity index (χ1n) is 2.81. The normalized spacial score (nSPS) is 9.80. The molecule has 1 heterocycles. The lowest BCUT2D eigenvalue weighted by molar-refractivity contribution is 1.42. The Morgan fingerprint density at radius 3 is 2.60 bits per heavy atom. The van der Waals surface area contributed by atoms with Crippen LogP contribution in [0.5, 0.6) is 0 Å². The van der Waals surface area contributed by atoms with Crippen molar-refractivity contribution in [1.82, 2.24) is 0 Å². The summed E-state index contributed by atoms with van der Waals surface area (Å²) in [5.41, 5.74) is 6.40. The number of hydrogen-bond acceptors (Lipinski definition) is 2. The molecule has 1 rings (SSSR count). The van der Waals surface area contributed by atoms with Gasteiger partial charge in [0.2, 0.25) is 0 Å². The van der Waals surface area contributed by atoms with Crippen LogP contribution >= 0.6 is 20.6 Å². The summed E-state index contributed by atoms with van der Waals surface area (Å²) >= 11 is 1.54. The van der Waals surface area contributed by atoms with Crippen LogP contribution in [0.15, 0.2) is 6.07 Å². The van der Waals surface area contributed by atoms with Crippen molar-refractivity contribution in [2.75, 3.05) is 0 Å². The zero-order valence-electron chi connectivity index (χ0n) is 5.64. The highest BCUT2D eigenvalue weighted by molar-refractivity contribution is 7.43. The van der Waals surface area contributed by atoms with Gasteiger partial charge in [0.15, 0.2) is 0 Å². The Kier molecular flexibility index (Phi) is 2.07. The molecule has 0 aliphatic heterocycles. The molecule has 0 fully saturated rings. The van der Waals surface area contributed by atoms with Crippen LogP contribution in [0.25, 0.3) is 0 Å².